The van der Waals surface area contributed by atoms with Gasteiger partial charge in [0.25, 0.3) is 0 Å². The summed E-state index contributed by atoms with van der Waals surface area (Å²) in [5, 5.41) is 0. The fourth-order valence-electron chi connectivity index (χ4n) is 2.37. The standard InChI is InChI=1S/C12H16N2O3/c1-16-12(17-2)7-11(8-12,10(13)15)9-5-3-4-6-14-9/h3-6H,7-8H2,1-2H3,(H2,13,15). The minimum absolute atomic E-state index is 0.388. The number of aromatic nitrogens is 1. The summed E-state index contributed by atoms with van der Waals surface area (Å²) >= 11 is 0. The lowest BCUT2D eigenvalue weighted by molar-refractivity contribution is -0.274. The zero-order valence-corrected chi connectivity index (χ0v) is 9.97. The number of primary amides is 1. The predicted octanol–water partition coefficient (Wildman–Crippen LogP) is 0.588. The van der Waals surface area contributed by atoms with Crippen molar-refractivity contribution in [3.8, 4) is 0 Å². The van der Waals surface area contributed by atoms with E-state index in [2.05, 4.69) is 4.98 Å². The quantitative estimate of drug-likeness (QED) is 0.776. The largest absolute Gasteiger partial charge is 0.369 e. The number of nitrogens with zero attached hydrogens (tertiary/aromatic N) is 1. The van der Waals surface area contributed by atoms with Crippen LogP contribution in [0.1, 0.15) is 18.5 Å². The van der Waals surface area contributed by atoms with Gasteiger partial charge in [0.1, 0.15) is 5.41 Å². The van der Waals surface area contributed by atoms with Gasteiger partial charge in [0.05, 0.1) is 5.69 Å². The first kappa shape index (κ1) is 12.0. The highest BCUT2D eigenvalue weighted by molar-refractivity contribution is 5.87. The van der Waals surface area contributed by atoms with Crippen LogP contribution in [-0.4, -0.2) is 30.9 Å². The minimum atomic E-state index is -0.771. The molecular weight excluding hydrogens is 220 g/mol. The Labute approximate surface area is 99.9 Å². The zero-order valence-electron chi connectivity index (χ0n) is 9.97. The number of carbonyl (C=O) groups excluding carboxylic acids is 1. The molecule has 0 unspecified atom stereocenters. The predicted molar refractivity (Wildman–Crippen MR) is 61.1 cm³/mol. The Morgan fingerprint density at radius 3 is 2.41 bits per heavy atom. The number of carbonyl (C=O) groups is 1. The monoisotopic (exact) mass is 236 g/mol. The number of pyridine rings is 1. The van der Waals surface area contributed by atoms with Crippen LogP contribution in [0.4, 0.5) is 0 Å². The van der Waals surface area contributed by atoms with Crippen molar-refractivity contribution in [2.24, 2.45) is 5.73 Å². The van der Waals surface area contributed by atoms with E-state index in [0.29, 0.717) is 18.5 Å². The third-order valence-electron chi connectivity index (χ3n) is 3.51. The van der Waals surface area contributed by atoms with Gasteiger partial charge in [-0.15, -0.1) is 0 Å². The van der Waals surface area contributed by atoms with Gasteiger partial charge in [-0.2, -0.15) is 0 Å². The summed E-state index contributed by atoms with van der Waals surface area (Å²) in [5.41, 5.74) is 5.41. The van der Waals surface area contributed by atoms with E-state index < -0.39 is 11.2 Å². The lowest BCUT2D eigenvalue weighted by Gasteiger charge is -2.51. The molecule has 0 radical (unpaired) electrons. The summed E-state index contributed by atoms with van der Waals surface area (Å²) in [6.45, 7) is 0. The van der Waals surface area contributed by atoms with Crippen LogP contribution in [-0.2, 0) is 19.7 Å². The maximum atomic E-state index is 11.7. The van der Waals surface area contributed by atoms with Crippen molar-refractivity contribution in [1.82, 2.24) is 4.98 Å². The van der Waals surface area contributed by atoms with Crippen molar-refractivity contribution in [2.75, 3.05) is 14.2 Å². The molecule has 1 aliphatic carbocycles. The number of hydrogen-bond donors (Lipinski definition) is 1. The van der Waals surface area contributed by atoms with Gasteiger partial charge in [-0.05, 0) is 12.1 Å². The van der Waals surface area contributed by atoms with Gasteiger partial charge in [0.15, 0.2) is 5.79 Å². The van der Waals surface area contributed by atoms with E-state index in [4.69, 9.17) is 15.2 Å². The molecule has 0 aliphatic heterocycles. The van der Waals surface area contributed by atoms with Crippen molar-refractivity contribution in [3.05, 3.63) is 30.1 Å². The van der Waals surface area contributed by atoms with Crippen LogP contribution in [0.3, 0.4) is 0 Å². The molecule has 2 N–H and O–H groups in total. The van der Waals surface area contributed by atoms with Crippen molar-refractivity contribution in [3.63, 3.8) is 0 Å². The molecular formula is C12H16N2O3. The van der Waals surface area contributed by atoms with Crippen molar-refractivity contribution in [1.29, 1.82) is 0 Å². The molecule has 0 atom stereocenters. The van der Waals surface area contributed by atoms with E-state index in [-0.39, 0.29) is 5.91 Å². The van der Waals surface area contributed by atoms with E-state index in [0.717, 1.165) is 0 Å². The third-order valence-corrected chi connectivity index (χ3v) is 3.51. The van der Waals surface area contributed by atoms with Crippen molar-refractivity contribution < 1.29 is 14.3 Å². The Morgan fingerprint density at radius 2 is 2.00 bits per heavy atom. The van der Waals surface area contributed by atoms with E-state index in [1.807, 2.05) is 6.07 Å². The minimum Gasteiger partial charge on any atom is -0.369 e. The van der Waals surface area contributed by atoms with Crippen LogP contribution in [0, 0.1) is 0 Å². The fraction of sp³-hybridized carbons (Fsp3) is 0.500. The molecule has 1 aromatic heterocycles. The summed E-state index contributed by atoms with van der Waals surface area (Å²) in [6, 6.07) is 5.45. The SMILES string of the molecule is COC1(OC)CC(C(N)=O)(c2ccccn2)C1. The molecule has 0 spiro atoms. The summed E-state index contributed by atoms with van der Waals surface area (Å²) in [5.74, 6) is -1.10. The molecule has 1 fully saturated rings. The molecule has 0 saturated heterocycles. The number of ether oxygens (including phenoxy) is 2. The van der Waals surface area contributed by atoms with Crippen molar-refractivity contribution >= 4 is 5.91 Å². The van der Waals surface area contributed by atoms with Crippen LogP contribution in [0.25, 0.3) is 0 Å². The summed E-state index contributed by atoms with van der Waals surface area (Å²) < 4.78 is 10.6. The molecule has 1 aromatic rings. The second kappa shape index (κ2) is 4.09. The first-order valence-corrected chi connectivity index (χ1v) is 5.40. The molecule has 0 aromatic carbocycles. The number of amides is 1. The van der Waals surface area contributed by atoms with Gasteiger partial charge >= 0.3 is 0 Å². The Morgan fingerprint density at radius 1 is 1.35 bits per heavy atom. The van der Waals surface area contributed by atoms with Gasteiger partial charge in [-0.25, -0.2) is 0 Å². The number of nitrogens with two attached hydrogens (primary N) is 1. The Hall–Kier alpha value is -1.46. The molecule has 5 heteroatoms. The van der Waals surface area contributed by atoms with Gasteiger partial charge in [-0.1, -0.05) is 6.07 Å². The number of rotatable bonds is 4. The molecule has 17 heavy (non-hydrogen) atoms. The van der Waals surface area contributed by atoms with E-state index in [9.17, 15) is 4.79 Å². The normalized spacial score (nSPS) is 20.6. The Balaban J connectivity index is 2.31. The van der Waals surface area contributed by atoms with Crippen molar-refractivity contribution in [2.45, 2.75) is 24.0 Å². The van der Waals surface area contributed by atoms with Crippen LogP contribution in [0.5, 0.6) is 0 Å². The fourth-order valence-corrected chi connectivity index (χ4v) is 2.37. The summed E-state index contributed by atoms with van der Waals surface area (Å²) in [4.78, 5) is 15.9. The lowest BCUT2D eigenvalue weighted by Crippen LogP contribution is -2.62. The molecule has 5 nitrogen and oxygen atoms in total. The third kappa shape index (κ3) is 1.71. The van der Waals surface area contributed by atoms with Gasteiger partial charge < -0.3 is 15.2 Å². The van der Waals surface area contributed by atoms with E-state index in [1.165, 1.54) is 0 Å². The highest BCUT2D eigenvalue weighted by Crippen LogP contribution is 2.51. The van der Waals surface area contributed by atoms with E-state index in [1.54, 1.807) is 32.5 Å². The van der Waals surface area contributed by atoms with Gasteiger partial charge in [0.2, 0.25) is 5.91 Å². The average molecular weight is 236 g/mol. The van der Waals surface area contributed by atoms with Crippen LogP contribution in [0.2, 0.25) is 0 Å². The second-order valence-electron chi connectivity index (χ2n) is 4.33. The number of hydrogen-bond acceptors (Lipinski definition) is 4. The topological polar surface area (TPSA) is 74.4 Å². The highest BCUT2D eigenvalue weighted by atomic mass is 16.7. The maximum Gasteiger partial charge on any atom is 0.230 e. The molecule has 1 saturated carbocycles. The van der Waals surface area contributed by atoms with Gasteiger partial charge in [0, 0.05) is 33.3 Å². The molecule has 1 heterocycles. The summed E-state index contributed by atoms with van der Waals surface area (Å²) in [7, 11) is 3.12. The van der Waals surface area contributed by atoms with Crippen LogP contribution >= 0.6 is 0 Å². The lowest BCUT2D eigenvalue weighted by atomic mass is 9.61. The Bertz CT molecular complexity index is 407. The summed E-state index contributed by atoms with van der Waals surface area (Å²) in [6.07, 6.45) is 2.46. The molecule has 1 aliphatic rings. The Kier molecular flexibility index (Phi) is 2.89. The van der Waals surface area contributed by atoms with E-state index >= 15 is 0 Å². The number of methoxy groups -OCH3 is 2. The molecule has 0 bridgehead atoms. The van der Waals surface area contributed by atoms with Crippen LogP contribution in [0.15, 0.2) is 24.4 Å². The molecule has 92 valence electrons. The second-order valence-corrected chi connectivity index (χ2v) is 4.33. The molecule has 2 rings (SSSR count). The highest BCUT2D eigenvalue weighted by Gasteiger charge is 2.61. The molecule has 1 amide bonds. The first-order chi connectivity index (χ1) is 8.08. The zero-order chi connectivity index (χ0) is 12.5. The smallest absolute Gasteiger partial charge is 0.230 e. The first-order valence-electron chi connectivity index (χ1n) is 5.40. The van der Waals surface area contributed by atoms with Crippen LogP contribution < -0.4 is 5.73 Å². The average Bonchev–Trinajstić information content (AvgIpc) is 2.30. The maximum absolute atomic E-state index is 11.7. The van der Waals surface area contributed by atoms with Gasteiger partial charge in [-0.3, -0.25) is 9.78 Å².